The molecule has 0 aliphatic carbocycles. The molecular weight excluding hydrogens is 280 g/mol. The van der Waals surface area contributed by atoms with Crippen LogP contribution in [0.25, 0.3) is 0 Å². The highest BCUT2D eigenvalue weighted by atomic mass is 32.2. The number of unbranched alkanes of at least 4 members (excludes halogenated alkanes) is 1. The number of allylic oxidation sites excluding steroid dienone is 1. The fraction of sp³-hybridized carbons (Fsp3) is 0.538. The van der Waals surface area contributed by atoms with Crippen molar-refractivity contribution >= 4 is 21.4 Å². The van der Waals surface area contributed by atoms with E-state index in [-0.39, 0.29) is 0 Å². The van der Waals surface area contributed by atoms with Crippen LogP contribution in [0.3, 0.4) is 0 Å². The molecule has 1 aromatic heterocycles. The zero-order valence-electron chi connectivity index (χ0n) is 11.6. The number of nitrogens with zero attached hydrogens (tertiary/aromatic N) is 1. The minimum absolute atomic E-state index is 0.418. The summed E-state index contributed by atoms with van der Waals surface area (Å²) >= 11 is 1.34. The lowest BCUT2D eigenvalue weighted by Gasteiger charge is -2.15. The van der Waals surface area contributed by atoms with E-state index in [9.17, 15) is 8.42 Å². The molecule has 0 saturated carbocycles. The fourth-order valence-corrected chi connectivity index (χ4v) is 4.32. The van der Waals surface area contributed by atoms with Gasteiger partial charge in [-0.25, -0.2) is 12.7 Å². The van der Waals surface area contributed by atoms with Gasteiger partial charge in [-0.3, -0.25) is 0 Å². The maximum absolute atomic E-state index is 12.3. The van der Waals surface area contributed by atoms with E-state index in [1.807, 2.05) is 13.0 Å². The van der Waals surface area contributed by atoms with Gasteiger partial charge in [0.05, 0.1) is 0 Å². The van der Waals surface area contributed by atoms with Crippen molar-refractivity contribution in [2.45, 2.75) is 30.5 Å². The topological polar surface area (TPSA) is 49.4 Å². The molecule has 0 saturated heterocycles. The molecule has 0 aliphatic heterocycles. The maximum atomic E-state index is 12.3. The largest absolute Gasteiger partial charge is 0.312 e. The number of hydrogen-bond donors (Lipinski definition) is 1. The predicted octanol–water partition coefficient (Wildman–Crippen LogP) is 2.44. The molecule has 108 valence electrons. The first-order valence-electron chi connectivity index (χ1n) is 6.39. The summed E-state index contributed by atoms with van der Waals surface area (Å²) in [6.45, 7) is 7.78. The molecule has 0 radical (unpaired) electrons. The van der Waals surface area contributed by atoms with Crippen molar-refractivity contribution < 1.29 is 8.42 Å². The Morgan fingerprint density at radius 2 is 2.21 bits per heavy atom. The first-order valence-corrected chi connectivity index (χ1v) is 8.64. The van der Waals surface area contributed by atoms with E-state index in [0.29, 0.717) is 10.8 Å². The molecule has 0 bridgehead atoms. The first kappa shape index (κ1) is 16.4. The summed E-state index contributed by atoms with van der Waals surface area (Å²) in [6, 6.07) is 3.56. The molecule has 1 heterocycles. The van der Waals surface area contributed by atoms with Gasteiger partial charge >= 0.3 is 0 Å². The zero-order chi connectivity index (χ0) is 14.3. The lowest BCUT2D eigenvalue weighted by Crippen LogP contribution is -2.27. The summed E-state index contributed by atoms with van der Waals surface area (Å²) < 4.78 is 26.4. The van der Waals surface area contributed by atoms with Gasteiger partial charge in [-0.05, 0) is 31.5 Å². The maximum Gasteiger partial charge on any atom is 0.252 e. The number of nitrogens with one attached hydrogen (secondary N) is 1. The molecular formula is C13H22N2O2S2. The van der Waals surface area contributed by atoms with Gasteiger partial charge in [-0.2, -0.15) is 0 Å². The summed E-state index contributed by atoms with van der Waals surface area (Å²) in [7, 11) is -1.71. The normalized spacial score (nSPS) is 11.9. The van der Waals surface area contributed by atoms with Crippen LogP contribution in [-0.2, 0) is 16.6 Å². The molecule has 0 aliphatic rings. The standard InChI is InChI=1S/C13H22N2O2S2/c1-4-6-7-10-15(3)19(16,17)13-9-8-12(18-13)11-14-5-2/h4,8-9,14H,1,5-7,10-11H2,2-3H3. The van der Waals surface area contributed by atoms with Crippen LogP contribution in [0.1, 0.15) is 24.6 Å². The minimum Gasteiger partial charge on any atom is -0.312 e. The lowest BCUT2D eigenvalue weighted by atomic mass is 10.3. The third kappa shape index (κ3) is 4.72. The fourth-order valence-electron chi connectivity index (χ4n) is 1.57. The first-order chi connectivity index (χ1) is 9.02. The highest BCUT2D eigenvalue weighted by Crippen LogP contribution is 2.24. The van der Waals surface area contributed by atoms with E-state index in [4.69, 9.17) is 0 Å². The Morgan fingerprint density at radius 1 is 1.47 bits per heavy atom. The second-order valence-electron chi connectivity index (χ2n) is 4.26. The van der Waals surface area contributed by atoms with Gasteiger partial charge in [0.25, 0.3) is 10.0 Å². The Balaban J connectivity index is 2.70. The highest BCUT2D eigenvalue weighted by molar-refractivity contribution is 7.91. The van der Waals surface area contributed by atoms with Gasteiger partial charge in [-0.1, -0.05) is 13.0 Å². The molecule has 1 aromatic rings. The van der Waals surface area contributed by atoms with E-state index in [1.54, 1.807) is 19.2 Å². The van der Waals surface area contributed by atoms with Crippen LogP contribution in [0.5, 0.6) is 0 Å². The zero-order valence-corrected chi connectivity index (χ0v) is 13.2. The molecule has 6 heteroatoms. The van der Waals surface area contributed by atoms with Gasteiger partial charge < -0.3 is 5.32 Å². The number of hydrogen-bond acceptors (Lipinski definition) is 4. The molecule has 19 heavy (non-hydrogen) atoms. The van der Waals surface area contributed by atoms with Crippen LogP contribution in [-0.4, -0.2) is 32.9 Å². The predicted molar refractivity (Wildman–Crippen MR) is 80.9 cm³/mol. The molecule has 0 aromatic carbocycles. The Kier molecular flexibility index (Phi) is 6.71. The van der Waals surface area contributed by atoms with Crippen molar-refractivity contribution in [1.82, 2.24) is 9.62 Å². The monoisotopic (exact) mass is 302 g/mol. The van der Waals surface area contributed by atoms with Crippen molar-refractivity contribution in [3.63, 3.8) is 0 Å². The summed E-state index contributed by atoms with van der Waals surface area (Å²) in [4.78, 5) is 1.04. The van der Waals surface area contributed by atoms with E-state index in [2.05, 4.69) is 11.9 Å². The molecule has 4 nitrogen and oxygen atoms in total. The molecule has 1 rings (SSSR count). The third-order valence-electron chi connectivity index (χ3n) is 2.73. The van der Waals surface area contributed by atoms with Crippen molar-refractivity contribution in [3.8, 4) is 0 Å². The quantitative estimate of drug-likeness (QED) is 0.563. The van der Waals surface area contributed by atoms with Gasteiger partial charge in [0.15, 0.2) is 0 Å². The number of sulfonamides is 1. The molecule has 0 spiro atoms. The van der Waals surface area contributed by atoms with Gasteiger partial charge in [-0.15, -0.1) is 17.9 Å². The number of rotatable bonds is 9. The van der Waals surface area contributed by atoms with E-state index >= 15 is 0 Å². The Labute approximate surface area is 120 Å². The highest BCUT2D eigenvalue weighted by Gasteiger charge is 2.22. The SMILES string of the molecule is C=CCCCN(C)S(=O)(=O)c1ccc(CNCC)s1. The average molecular weight is 302 g/mol. The second-order valence-corrected chi connectivity index (χ2v) is 7.70. The van der Waals surface area contributed by atoms with Crippen LogP contribution >= 0.6 is 11.3 Å². The lowest BCUT2D eigenvalue weighted by molar-refractivity contribution is 0.464. The molecule has 0 atom stereocenters. The van der Waals surface area contributed by atoms with E-state index < -0.39 is 10.0 Å². The number of thiophene rings is 1. The van der Waals surface area contributed by atoms with Crippen molar-refractivity contribution in [1.29, 1.82) is 0 Å². The van der Waals surface area contributed by atoms with Crippen LogP contribution < -0.4 is 5.32 Å². The summed E-state index contributed by atoms with van der Waals surface area (Å²) in [5.74, 6) is 0. The smallest absolute Gasteiger partial charge is 0.252 e. The Bertz CT molecular complexity index is 494. The Morgan fingerprint density at radius 3 is 2.84 bits per heavy atom. The van der Waals surface area contributed by atoms with E-state index in [1.165, 1.54) is 15.6 Å². The second kappa shape index (κ2) is 7.79. The third-order valence-corrected chi connectivity index (χ3v) is 6.14. The molecule has 0 amide bonds. The van der Waals surface area contributed by atoms with Crippen LogP contribution in [0, 0.1) is 0 Å². The summed E-state index contributed by atoms with van der Waals surface area (Å²) in [5, 5.41) is 3.19. The molecule has 0 unspecified atom stereocenters. The van der Waals surface area contributed by atoms with E-state index in [0.717, 1.165) is 30.8 Å². The average Bonchev–Trinajstić information content (AvgIpc) is 2.85. The van der Waals surface area contributed by atoms with Crippen LogP contribution in [0.4, 0.5) is 0 Å². The molecule has 1 N–H and O–H groups in total. The summed E-state index contributed by atoms with van der Waals surface area (Å²) in [6.07, 6.45) is 3.44. The Hall–Kier alpha value is -0.690. The summed E-state index contributed by atoms with van der Waals surface area (Å²) in [5.41, 5.74) is 0. The van der Waals surface area contributed by atoms with Crippen LogP contribution in [0.2, 0.25) is 0 Å². The van der Waals surface area contributed by atoms with Crippen molar-refractivity contribution in [3.05, 3.63) is 29.7 Å². The van der Waals surface area contributed by atoms with Gasteiger partial charge in [0, 0.05) is 25.0 Å². The molecule has 0 fully saturated rings. The van der Waals surface area contributed by atoms with Crippen LogP contribution in [0.15, 0.2) is 29.0 Å². The van der Waals surface area contributed by atoms with Crippen molar-refractivity contribution in [2.75, 3.05) is 20.1 Å². The van der Waals surface area contributed by atoms with Crippen molar-refractivity contribution in [2.24, 2.45) is 0 Å². The van der Waals surface area contributed by atoms with Gasteiger partial charge in [0.1, 0.15) is 4.21 Å². The minimum atomic E-state index is -3.33. The van der Waals surface area contributed by atoms with Gasteiger partial charge in [0.2, 0.25) is 0 Å².